The van der Waals surface area contributed by atoms with Gasteiger partial charge in [-0.2, -0.15) is 0 Å². The molecule has 0 aliphatic heterocycles. The highest BCUT2D eigenvalue weighted by Crippen LogP contribution is 2.20. The Kier molecular flexibility index (Phi) is 3.51. The molecule has 0 saturated heterocycles. The van der Waals surface area contributed by atoms with Gasteiger partial charge in [0.2, 0.25) is 5.88 Å². The molecule has 0 saturated carbocycles. The Morgan fingerprint density at radius 2 is 2.24 bits per heavy atom. The van der Waals surface area contributed by atoms with Gasteiger partial charge in [0.1, 0.15) is 11.3 Å². The lowest BCUT2D eigenvalue weighted by atomic mass is 10.2. The number of nitrogens with one attached hydrogen (secondary N) is 2. The zero-order valence-corrected chi connectivity index (χ0v) is 11.5. The van der Waals surface area contributed by atoms with E-state index in [4.69, 9.17) is 4.74 Å². The Morgan fingerprint density at radius 1 is 1.33 bits per heavy atom. The molecule has 0 fully saturated rings. The first kappa shape index (κ1) is 13.1. The molecule has 3 rings (SSSR count). The predicted molar refractivity (Wildman–Crippen MR) is 79.5 cm³/mol. The van der Waals surface area contributed by atoms with Crippen LogP contribution in [0.4, 0.5) is 5.82 Å². The number of hydrogen-bond donors (Lipinski definition) is 2. The summed E-state index contributed by atoms with van der Waals surface area (Å²) in [7, 11) is 0. The minimum absolute atomic E-state index is 0.263. The Morgan fingerprint density at radius 3 is 3.00 bits per heavy atom. The molecule has 0 aliphatic rings. The molecule has 6 heteroatoms. The molecule has 0 aromatic carbocycles. The summed E-state index contributed by atoms with van der Waals surface area (Å²) < 4.78 is 5.37. The number of H-pyrrole nitrogens is 1. The molecule has 3 heterocycles. The van der Waals surface area contributed by atoms with E-state index in [-0.39, 0.29) is 5.91 Å². The van der Waals surface area contributed by atoms with E-state index in [1.54, 1.807) is 30.6 Å². The third-order valence-electron chi connectivity index (χ3n) is 2.94. The van der Waals surface area contributed by atoms with Crippen LogP contribution in [0.2, 0.25) is 0 Å². The minimum atomic E-state index is -0.263. The standard InChI is InChI=1S/C15H14N4O2/c1-2-21-13-7-6-11-14(19-13)10(9-17-11)15(20)18-12-5-3-4-8-16-12/h3-9,17H,2H2,1H3,(H,16,18,20). The number of fused-ring (bicyclic) bond motifs is 1. The topological polar surface area (TPSA) is 79.9 Å². The molecule has 106 valence electrons. The molecule has 0 unspecified atom stereocenters. The molecular formula is C15H14N4O2. The zero-order chi connectivity index (χ0) is 14.7. The van der Waals surface area contributed by atoms with Crippen molar-refractivity contribution >= 4 is 22.8 Å². The van der Waals surface area contributed by atoms with Crippen LogP contribution < -0.4 is 10.1 Å². The molecular weight excluding hydrogens is 268 g/mol. The highest BCUT2D eigenvalue weighted by atomic mass is 16.5. The summed E-state index contributed by atoms with van der Waals surface area (Å²) >= 11 is 0. The number of carbonyl (C=O) groups excluding carboxylic acids is 1. The summed E-state index contributed by atoms with van der Waals surface area (Å²) in [5.41, 5.74) is 1.82. The molecule has 1 amide bonds. The Balaban J connectivity index is 1.92. The lowest BCUT2D eigenvalue weighted by Crippen LogP contribution is -2.12. The first-order chi connectivity index (χ1) is 10.3. The van der Waals surface area contributed by atoms with Crippen molar-refractivity contribution in [3.63, 3.8) is 0 Å². The average Bonchev–Trinajstić information content (AvgIpc) is 2.92. The van der Waals surface area contributed by atoms with Gasteiger partial charge in [0.15, 0.2) is 0 Å². The predicted octanol–water partition coefficient (Wildman–Crippen LogP) is 2.61. The van der Waals surface area contributed by atoms with Gasteiger partial charge >= 0.3 is 0 Å². The van der Waals surface area contributed by atoms with Crippen LogP contribution in [-0.4, -0.2) is 27.5 Å². The fraction of sp³-hybridized carbons (Fsp3) is 0.133. The fourth-order valence-electron chi connectivity index (χ4n) is 2.00. The highest BCUT2D eigenvalue weighted by molar-refractivity contribution is 6.11. The average molecular weight is 282 g/mol. The first-order valence-corrected chi connectivity index (χ1v) is 6.61. The molecule has 0 spiro atoms. The van der Waals surface area contributed by atoms with Crippen molar-refractivity contribution < 1.29 is 9.53 Å². The molecule has 6 nitrogen and oxygen atoms in total. The van der Waals surface area contributed by atoms with E-state index in [9.17, 15) is 4.79 Å². The van der Waals surface area contributed by atoms with Crippen LogP contribution in [0.1, 0.15) is 17.3 Å². The van der Waals surface area contributed by atoms with Crippen molar-refractivity contribution in [2.24, 2.45) is 0 Å². The number of rotatable bonds is 4. The van der Waals surface area contributed by atoms with Crippen molar-refractivity contribution in [1.82, 2.24) is 15.0 Å². The second-order valence-electron chi connectivity index (χ2n) is 4.35. The van der Waals surface area contributed by atoms with Crippen molar-refractivity contribution in [2.45, 2.75) is 6.92 Å². The van der Waals surface area contributed by atoms with Crippen LogP contribution in [-0.2, 0) is 0 Å². The molecule has 0 bridgehead atoms. The second-order valence-corrected chi connectivity index (χ2v) is 4.35. The molecule has 3 aromatic rings. The summed E-state index contributed by atoms with van der Waals surface area (Å²) in [5, 5.41) is 2.74. The summed E-state index contributed by atoms with van der Waals surface area (Å²) in [4.78, 5) is 23.8. The summed E-state index contributed by atoms with van der Waals surface area (Å²) in [6.45, 7) is 2.41. The van der Waals surface area contributed by atoms with Crippen molar-refractivity contribution in [1.29, 1.82) is 0 Å². The van der Waals surface area contributed by atoms with Crippen molar-refractivity contribution in [3.8, 4) is 5.88 Å². The SMILES string of the molecule is CCOc1ccc2[nH]cc(C(=O)Nc3ccccn3)c2n1. The number of aromatic nitrogens is 3. The quantitative estimate of drug-likeness (QED) is 0.770. The Labute approximate surface area is 121 Å². The minimum Gasteiger partial charge on any atom is -0.478 e. The number of hydrogen-bond acceptors (Lipinski definition) is 4. The van der Waals surface area contributed by atoms with Crippen LogP contribution in [0.3, 0.4) is 0 Å². The van der Waals surface area contributed by atoms with Gasteiger partial charge in [0, 0.05) is 18.5 Å². The van der Waals surface area contributed by atoms with Crippen LogP contribution in [0.5, 0.6) is 5.88 Å². The number of ether oxygens (including phenoxy) is 1. The van der Waals surface area contributed by atoms with Gasteiger partial charge in [-0.25, -0.2) is 9.97 Å². The lowest BCUT2D eigenvalue weighted by molar-refractivity contribution is 0.102. The zero-order valence-electron chi connectivity index (χ0n) is 11.5. The van der Waals surface area contributed by atoms with E-state index in [0.717, 1.165) is 5.52 Å². The van der Waals surface area contributed by atoms with E-state index in [0.29, 0.717) is 29.4 Å². The van der Waals surface area contributed by atoms with Crippen molar-refractivity contribution in [3.05, 3.63) is 48.3 Å². The van der Waals surface area contributed by atoms with Gasteiger partial charge < -0.3 is 15.0 Å². The van der Waals surface area contributed by atoms with E-state index in [2.05, 4.69) is 20.3 Å². The number of pyridine rings is 2. The van der Waals surface area contributed by atoms with Gasteiger partial charge in [0.05, 0.1) is 17.7 Å². The number of amides is 1. The first-order valence-electron chi connectivity index (χ1n) is 6.61. The number of carbonyl (C=O) groups is 1. The highest BCUT2D eigenvalue weighted by Gasteiger charge is 2.14. The molecule has 0 aliphatic carbocycles. The van der Waals surface area contributed by atoms with E-state index in [1.807, 2.05) is 19.1 Å². The van der Waals surface area contributed by atoms with E-state index < -0.39 is 0 Å². The Hall–Kier alpha value is -2.89. The third-order valence-corrected chi connectivity index (χ3v) is 2.94. The van der Waals surface area contributed by atoms with Gasteiger partial charge in [-0.15, -0.1) is 0 Å². The molecule has 2 N–H and O–H groups in total. The number of anilines is 1. The smallest absolute Gasteiger partial charge is 0.260 e. The van der Waals surface area contributed by atoms with E-state index in [1.165, 1.54) is 0 Å². The normalized spacial score (nSPS) is 10.5. The molecule has 0 atom stereocenters. The largest absolute Gasteiger partial charge is 0.478 e. The van der Waals surface area contributed by atoms with Gasteiger partial charge in [-0.05, 0) is 25.1 Å². The van der Waals surface area contributed by atoms with Gasteiger partial charge in [-0.3, -0.25) is 4.79 Å². The summed E-state index contributed by atoms with van der Waals surface area (Å²) in [6.07, 6.45) is 3.25. The lowest BCUT2D eigenvalue weighted by Gasteiger charge is -2.04. The third kappa shape index (κ3) is 2.69. The number of nitrogens with zero attached hydrogens (tertiary/aromatic N) is 2. The summed E-state index contributed by atoms with van der Waals surface area (Å²) in [6, 6.07) is 8.93. The molecule has 3 aromatic heterocycles. The Bertz CT molecular complexity index is 768. The summed E-state index contributed by atoms with van der Waals surface area (Å²) in [5.74, 6) is 0.732. The van der Waals surface area contributed by atoms with Gasteiger partial charge in [-0.1, -0.05) is 6.07 Å². The molecule has 0 radical (unpaired) electrons. The van der Waals surface area contributed by atoms with Crippen LogP contribution in [0, 0.1) is 0 Å². The second kappa shape index (κ2) is 5.62. The van der Waals surface area contributed by atoms with Crippen molar-refractivity contribution in [2.75, 3.05) is 11.9 Å². The van der Waals surface area contributed by atoms with Crippen LogP contribution >= 0.6 is 0 Å². The molecule has 21 heavy (non-hydrogen) atoms. The van der Waals surface area contributed by atoms with Gasteiger partial charge in [0.25, 0.3) is 5.91 Å². The maximum atomic E-state index is 12.3. The number of aromatic amines is 1. The van der Waals surface area contributed by atoms with E-state index >= 15 is 0 Å². The fourth-order valence-corrected chi connectivity index (χ4v) is 2.00. The van der Waals surface area contributed by atoms with Crippen LogP contribution in [0.25, 0.3) is 11.0 Å². The maximum absolute atomic E-state index is 12.3. The monoisotopic (exact) mass is 282 g/mol. The maximum Gasteiger partial charge on any atom is 0.260 e. The van der Waals surface area contributed by atoms with Crippen LogP contribution in [0.15, 0.2) is 42.7 Å².